The summed E-state index contributed by atoms with van der Waals surface area (Å²) in [5.74, 6) is 0.0466. The van der Waals surface area contributed by atoms with Gasteiger partial charge in [-0.1, -0.05) is 12.2 Å². The van der Waals surface area contributed by atoms with Gasteiger partial charge in [-0.25, -0.2) is 0 Å². The van der Waals surface area contributed by atoms with E-state index < -0.39 is 0 Å². The van der Waals surface area contributed by atoms with Crippen LogP contribution in [0.1, 0.15) is 12.8 Å². The molecule has 1 aliphatic rings. The van der Waals surface area contributed by atoms with Crippen LogP contribution < -0.4 is 5.73 Å². The Bertz CT molecular complexity index is 273. The summed E-state index contributed by atoms with van der Waals surface area (Å²) in [6.45, 7) is 2.31. The summed E-state index contributed by atoms with van der Waals surface area (Å²) in [6, 6.07) is 0. The Labute approximate surface area is 101 Å². The molecule has 0 aromatic rings. The van der Waals surface area contributed by atoms with Crippen molar-refractivity contribution in [3.63, 3.8) is 0 Å². The number of rotatable bonds is 5. The molecule has 0 aromatic heterocycles. The molecule has 0 aliphatic carbocycles. The molecule has 16 heavy (non-hydrogen) atoms. The van der Waals surface area contributed by atoms with Gasteiger partial charge in [0.2, 0.25) is 5.91 Å². The molecule has 0 saturated carbocycles. The van der Waals surface area contributed by atoms with E-state index in [1.54, 1.807) is 11.9 Å². The largest absolute Gasteiger partial charge is 0.393 e. The number of likely N-dealkylation sites (tertiary alicyclic amines) is 1. The van der Waals surface area contributed by atoms with Crippen molar-refractivity contribution in [2.24, 2.45) is 5.73 Å². The molecule has 1 saturated heterocycles. The number of amides is 1. The molecule has 92 valence electrons. The first-order valence-electron chi connectivity index (χ1n) is 5.41. The van der Waals surface area contributed by atoms with E-state index >= 15 is 0 Å². The number of aliphatic hydroxyl groups is 1. The normalized spacial score (nSPS) is 21.0. The lowest BCUT2D eigenvalue weighted by Gasteiger charge is -2.21. The zero-order valence-corrected chi connectivity index (χ0v) is 10.4. The van der Waals surface area contributed by atoms with Crippen molar-refractivity contribution in [3.8, 4) is 0 Å². The lowest BCUT2D eigenvalue weighted by molar-refractivity contribution is -0.130. The number of nitrogens with zero attached hydrogens (tertiary/aromatic N) is 2. The third-order valence-electron chi connectivity index (χ3n) is 2.73. The second kappa shape index (κ2) is 6.12. The van der Waals surface area contributed by atoms with Crippen LogP contribution in [-0.4, -0.2) is 65.1 Å². The second-order valence-electron chi connectivity index (χ2n) is 4.21. The van der Waals surface area contributed by atoms with E-state index in [2.05, 4.69) is 0 Å². The number of thiocarbonyl (C=S) groups is 1. The van der Waals surface area contributed by atoms with Crippen LogP contribution in [0.15, 0.2) is 0 Å². The Hall–Kier alpha value is -0.720. The van der Waals surface area contributed by atoms with Gasteiger partial charge >= 0.3 is 0 Å². The Morgan fingerprint density at radius 1 is 1.69 bits per heavy atom. The second-order valence-corrected chi connectivity index (χ2v) is 4.73. The average Bonchev–Trinajstić information content (AvgIpc) is 2.60. The van der Waals surface area contributed by atoms with Crippen LogP contribution >= 0.6 is 12.2 Å². The minimum Gasteiger partial charge on any atom is -0.393 e. The summed E-state index contributed by atoms with van der Waals surface area (Å²) in [5, 5.41) is 9.33. The molecule has 0 radical (unpaired) electrons. The van der Waals surface area contributed by atoms with Crippen molar-refractivity contribution in [3.05, 3.63) is 0 Å². The van der Waals surface area contributed by atoms with Crippen LogP contribution in [-0.2, 0) is 4.79 Å². The summed E-state index contributed by atoms with van der Waals surface area (Å²) in [7, 11) is 1.74. The molecule has 0 bridgehead atoms. The zero-order chi connectivity index (χ0) is 12.1. The number of nitrogens with two attached hydrogens (primary N) is 1. The number of carbonyl (C=O) groups excluding carboxylic acids is 1. The van der Waals surface area contributed by atoms with Crippen LogP contribution in [0, 0.1) is 0 Å². The van der Waals surface area contributed by atoms with Crippen LogP contribution in [0.5, 0.6) is 0 Å². The molecular weight excluding hydrogens is 226 g/mol. The standard InChI is InChI=1S/C10H19N3O2S/c1-12(4-3-9(11)16)10(15)7-13-5-2-8(14)6-13/h8,14H,2-7H2,1H3,(H2,11,16). The molecule has 0 aromatic carbocycles. The highest BCUT2D eigenvalue weighted by molar-refractivity contribution is 7.80. The first-order chi connectivity index (χ1) is 7.49. The number of hydrogen-bond donors (Lipinski definition) is 2. The molecule has 1 unspecified atom stereocenters. The van der Waals surface area contributed by atoms with Gasteiger partial charge in [0.25, 0.3) is 0 Å². The highest BCUT2D eigenvalue weighted by atomic mass is 32.1. The van der Waals surface area contributed by atoms with E-state index in [0.29, 0.717) is 31.0 Å². The molecule has 1 fully saturated rings. The monoisotopic (exact) mass is 245 g/mol. The molecule has 1 heterocycles. The van der Waals surface area contributed by atoms with Crippen LogP contribution in [0.2, 0.25) is 0 Å². The first-order valence-corrected chi connectivity index (χ1v) is 5.82. The maximum atomic E-state index is 11.7. The van der Waals surface area contributed by atoms with Gasteiger partial charge in [0.15, 0.2) is 0 Å². The topological polar surface area (TPSA) is 69.8 Å². The van der Waals surface area contributed by atoms with Gasteiger partial charge in [0.05, 0.1) is 17.6 Å². The van der Waals surface area contributed by atoms with Crippen molar-refractivity contribution in [1.29, 1.82) is 0 Å². The van der Waals surface area contributed by atoms with Crippen LogP contribution in [0.3, 0.4) is 0 Å². The Balaban J connectivity index is 2.26. The Kier molecular flexibility index (Phi) is 5.11. The molecule has 0 spiro atoms. The lowest BCUT2D eigenvalue weighted by atomic mass is 10.3. The van der Waals surface area contributed by atoms with Crippen molar-refractivity contribution in [2.45, 2.75) is 18.9 Å². The van der Waals surface area contributed by atoms with Crippen LogP contribution in [0.25, 0.3) is 0 Å². The number of aliphatic hydroxyl groups excluding tert-OH is 1. The third-order valence-corrected chi connectivity index (χ3v) is 2.93. The van der Waals surface area contributed by atoms with Gasteiger partial charge in [0.1, 0.15) is 0 Å². The quantitative estimate of drug-likeness (QED) is 0.620. The summed E-state index contributed by atoms with van der Waals surface area (Å²) in [5.41, 5.74) is 5.37. The number of likely N-dealkylation sites (N-methyl/N-ethyl adjacent to an activating group) is 1. The van der Waals surface area contributed by atoms with Crippen molar-refractivity contribution < 1.29 is 9.90 Å². The minimum absolute atomic E-state index is 0.0466. The van der Waals surface area contributed by atoms with Gasteiger partial charge in [0, 0.05) is 33.1 Å². The maximum absolute atomic E-state index is 11.7. The summed E-state index contributed by atoms with van der Waals surface area (Å²) in [6.07, 6.45) is 1.03. The maximum Gasteiger partial charge on any atom is 0.236 e. The Morgan fingerprint density at radius 3 is 2.88 bits per heavy atom. The van der Waals surface area contributed by atoms with Gasteiger partial charge in [-0.2, -0.15) is 0 Å². The van der Waals surface area contributed by atoms with Crippen LogP contribution in [0.4, 0.5) is 0 Å². The van der Waals surface area contributed by atoms with Gasteiger partial charge in [-0.3, -0.25) is 9.69 Å². The van der Waals surface area contributed by atoms with Crippen molar-refractivity contribution >= 4 is 23.1 Å². The summed E-state index contributed by atoms with van der Waals surface area (Å²) in [4.78, 5) is 15.8. The van der Waals surface area contributed by atoms with E-state index in [0.717, 1.165) is 13.0 Å². The van der Waals surface area contributed by atoms with Gasteiger partial charge in [-0.05, 0) is 6.42 Å². The zero-order valence-electron chi connectivity index (χ0n) is 9.56. The van der Waals surface area contributed by atoms with E-state index in [1.807, 2.05) is 4.90 Å². The molecule has 3 N–H and O–H groups in total. The molecule has 1 atom stereocenters. The molecule has 6 heteroatoms. The predicted molar refractivity (Wildman–Crippen MR) is 66.1 cm³/mol. The predicted octanol–water partition coefficient (Wildman–Crippen LogP) is -0.812. The fourth-order valence-electron chi connectivity index (χ4n) is 1.67. The number of carbonyl (C=O) groups is 1. The van der Waals surface area contributed by atoms with E-state index in [4.69, 9.17) is 18.0 Å². The Morgan fingerprint density at radius 2 is 2.38 bits per heavy atom. The van der Waals surface area contributed by atoms with E-state index in [1.165, 1.54) is 0 Å². The smallest absolute Gasteiger partial charge is 0.236 e. The summed E-state index contributed by atoms with van der Waals surface area (Å²) >= 11 is 4.76. The van der Waals surface area contributed by atoms with Gasteiger partial charge in [-0.15, -0.1) is 0 Å². The first kappa shape index (κ1) is 13.3. The SMILES string of the molecule is CN(CCC(N)=S)C(=O)CN1CCC(O)C1. The average molecular weight is 245 g/mol. The summed E-state index contributed by atoms with van der Waals surface area (Å²) < 4.78 is 0. The van der Waals surface area contributed by atoms with E-state index in [9.17, 15) is 9.90 Å². The number of β-amino-alcohol motifs (C(OH)–C–C–N with tert-alkyl or cyclic N) is 1. The molecule has 1 rings (SSSR count). The minimum atomic E-state index is -0.283. The fourth-order valence-corrected chi connectivity index (χ4v) is 1.76. The molecular formula is C10H19N3O2S. The van der Waals surface area contributed by atoms with Crippen molar-refractivity contribution in [1.82, 2.24) is 9.80 Å². The third kappa shape index (κ3) is 4.42. The van der Waals surface area contributed by atoms with Gasteiger partial charge < -0.3 is 15.7 Å². The van der Waals surface area contributed by atoms with Crippen molar-refractivity contribution in [2.75, 3.05) is 33.2 Å². The molecule has 1 aliphatic heterocycles. The molecule has 5 nitrogen and oxygen atoms in total. The van der Waals surface area contributed by atoms with E-state index in [-0.39, 0.29) is 12.0 Å². The highest BCUT2D eigenvalue weighted by Gasteiger charge is 2.23. The fraction of sp³-hybridized carbons (Fsp3) is 0.800. The lowest BCUT2D eigenvalue weighted by Crippen LogP contribution is -2.38. The highest BCUT2D eigenvalue weighted by Crippen LogP contribution is 2.08. The number of hydrogen-bond acceptors (Lipinski definition) is 4. The molecule has 1 amide bonds.